The molecule has 1 saturated heterocycles. The number of nitrogens with zero attached hydrogens (tertiary/aromatic N) is 6. The first-order valence-electron chi connectivity index (χ1n) is 12.7. The Balaban J connectivity index is 1.37. The van der Waals surface area contributed by atoms with Gasteiger partial charge in [0.15, 0.2) is 6.10 Å². The van der Waals surface area contributed by atoms with E-state index in [0.29, 0.717) is 16.7 Å². The van der Waals surface area contributed by atoms with Crippen LogP contribution in [0.1, 0.15) is 5.56 Å². The number of carbonyl (C=O) groups is 1. The first kappa shape index (κ1) is 25.8. The van der Waals surface area contributed by atoms with Gasteiger partial charge in [-0.3, -0.25) is 23.6 Å². The number of morpholine rings is 1. The van der Waals surface area contributed by atoms with Gasteiger partial charge in [-0.05, 0) is 36.2 Å². The molecular formula is C28H25F3N6O3. The number of amides is 1. The molecule has 0 N–H and O–H groups in total. The third-order valence-corrected chi connectivity index (χ3v) is 7.34. The number of imidazole rings is 1. The quantitative estimate of drug-likeness (QED) is 0.340. The molecule has 3 aromatic heterocycles. The lowest BCUT2D eigenvalue weighted by atomic mass is 10.0. The molecule has 0 spiro atoms. The molecule has 5 aromatic rings. The topological polar surface area (TPSA) is 87.2 Å². The Morgan fingerprint density at radius 2 is 1.85 bits per heavy atom. The van der Waals surface area contributed by atoms with Crippen LogP contribution in [0.2, 0.25) is 0 Å². The van der Waals surface area contributed by atoms with Crippen molar-refractivity contribution >= 4 is 27.8 Å². The summed E-state index contributed by atoms with van der Waals surface area (Å²) >= 11 is 0. The SMILES string of the molecule is Cc1cccc2c1n(-c1ccc(-c3cncc4c3cnn4C)cc1)c(=O)n2CC(=O)N1CCO[C@@H](C(F)(F)F)C1. The maximum absolute atomic E-state index is 13.7. The van der Waals surface area contributed by atoms with E-state index in [-0.39, 0.29) is 19.7 Å². The number of halogens is 3. The van der Waals surface area contributed by atoms with Gasteiger partial charge < -0.3 is 9.64 Å². The predicted molar refractivity (Wildman–Crippen MR) is 142 cm³/mol. The van der Waals surface area contributed by atoms with Crippen LogP contribution >= 0.6 is 0 Å². The number of benzene rings is 2. The van der Waals surface area contributed by atoms with Crippen molar-refractivity contribution in [1.29, 1.82) is 0 Å². The van der Waals surface area contributed by atoms with Gasteiger partial charge in [0, 0.05) is 30.7 Å². The molecule has 4 heterocycles. The number of ether oxygens (including phenoxy) is 1. The molecule has 206 valence electrons. The number of hydrogen-bond donors (Lipinski definition) is 0. The van der Waals surface area contributed by atoms with E-state index >= 15 is 0 Å². The molecule has 1 atom stereocenters. The molecule has 1 fully saturated rings. The molecule has 1 aliphatic heterocycles. The highest BCUT2D eigenvalue weighted by Gasteiger charge is 2.44. The second-order valence-electron chi connectivity index (χ2n) is 9.82. The molecule has 0 aliphatic carbocycles. The van der Waals surface area contributed by atoms with Gasteiger partial charge in [-0.2, -0.15) is 18.3 Å². The Hall–Kier alpha value is -4.45. The van der Waals surface area contributed by atoms with Crippen molar-refractivity contribution in [3.63, 3.8) is 0 Å². The molecule has 1 aliphatic rings. The lowest BCUT2D eigenvalue weighted by Crippen LogP contribution is -2.52. The Bertz CT molecular complexity index is 1800. The summed E-state index contributed by atoms with van der Waals surface area (Å²) in [6.07, 6.45) is -1.32. The summed E-state index contributed by atoms with van der Waals surface area (Å²) in [5.74, 6) is -0.576. The van der Waals surface area contributed by atoms with Crippen LogP contribution in [-0.2, 0) is 23.1 Å². The third-order valence-electron chi connectivity index (χ3n) is 7.34. The summed E-state index contributed by atoms with van der Waals surface area (Å²) in [4.78, 5) is 32.3. The number of pyridine rings is 1. The zero-order valence-electron chi connectivity index (χ0n) is 21.7. The number of carbonyl (C=O) groups excluding carboxylic acids is 1. The van der Waals surface area contributed by atoms with Crippen molar-refractivity contribution in [3.8, 4) is 16.8 Å². The molecule has 1 amide bonds. The van der Waals surface area contributed by atoms with Crippen molar-refractivity contribution in [2.75, 3.05) is 19.7 Å². The predicted octanol–water partition coefficient (Wildman–Crippen LogP) is 3.84. The fourth-order valence-electron chi connectivity index (χ4n) is 5.25. The van der Waals surface area contributed by atoms with E-state index in [1.54, 1.807) is 35.4 Å². The van der Waals surface area contributed by atoms with E-state index in [2.05, 4.69) is 10.1 Å². The highest BCUT2D eigenvalue weighted by molar-refractivity contribution is 5.94. The normalized spacial score (nSPS) is 16.2. The van der Waals surface area contributed by atoms with Gasteiger partial charge in [-0.1, -0.05) is 24.3 Å². The van der Waals surface area contributed by atoms with E-state index < -0.39 is 30.4 Å². The first-order valence-corrected chi connectivity index (χ1v) is 12.7. The average Bonchev–Trinajstić information content (AvgIpc) is 3.46. The molecule has 9 nitrogen and oxygen atoms in total. The highest BCUT2D eigenvalue weighted by atomic mass is 19.4. The smallest absolute Gasteiger partial charge is 0.365 e. The molecular weight excluding hydrogens is 525 g/mol. The van der Waals surface area contributed by atoms with Gasteiger partial charge in [0.05, 0.1) is 47.8 Å². The minimum Gasteiger partial charge on any atom is -0.365 e. The van der Waals surface area contributed by atoms with Crippen LogP contribution in [0.3, 0.4) is 0 Å². The van der Waals surface area contributed by atoms with Crippen LogP contribution in [0, 0.1) is 6.92 Å². The molecule has 6 rings (SSSR count). The van der Waals surface area contributed by atoms with E-state index in [4.69, 9.17) is 4.74 Å². The number of para-hydroxylation sites is 1. The second-order valence-corrected chi connectivity index (χ2v) is 9.82. The number of hydrogen-bond acceptors (Lipinski definition) is 5. The van der Waals surface area contributed by atoms with Crippen molar-refractivity contribution < 1.29 is 22.7 Å². The van der Waals surface area contributed by atoms with Gasteiger partial charge >= 0.3 is 11.9 Å². The Kier molecular flexibility index (Phi) is 6.21. The summed E-state index contributed by atoms with van der Waals surface area (Å²) in [6, 6.07) is 12.8. The van der Waals surface area contributed by atoms with E-state index in [1.807, 2.05) is 44.3 Å². The molecule has 0 radical (unpaired) electrons. The Morgan fingerprint density at radius 1 is 1.07 bits per heavy atom. The highest BCUT2D eigenvalue weighted by Crippen LogP contribution is 2.29. The number of aryl methyl sites for hydroxylation is 2. The van der Waals surface area contributed by atoms with Crippen LogP contribution in [0.4, 0.5) is 13.2 Å². The Morgan fingerprint density at radius 3 is 2.60 bits per heavy atom. The summed E-state index contributed by atoms with van der Waals surface area (Å²) in [7, 11) is 1.85. The average molecular weight is 551 g/mol. The van der Waals surface area contributed by atoms with Gasteiger partial charge in [0.25, 0.3) is 0 Å². The van der Waals surface area contributed by atoms with E-state index in [0.717, 1.165) is 32.5 Å². The van der Waals surface area contributed by atoms with Crippen molar-refractivity contribution in [2.24, 2.45) is 7.05 Å². The summed E-state index contributed by atoms with van der Waals surface area (Å²) < 4.78 is 49.0. The first-order chi connectivity index (χ1) is 19.1. The van der Waals surface area contributed by atoms with Gasteiger partial charge in [0.2, 0.25) is 5.91 Å². The zero-order chi connectivity index (χ0) is 28.2. The number of aromatic nitrogens is 5. The number of alkyl halides is 3. The van der Waals surface area contributed by atoms with Crippen LogP contribution in [0.5, 0.6) is 0 Å². The maximum Gasteiger partial charge on any atom is 0.416 e. The Labute approximate surface area is 226 Å². The molecule has 2 aromatic carbocycles. The molecule has 0 unspecified atom stereocenters. The number of fused-ring (bicyclic) bond motifs is 2. The summed E-state index contributed by atoms with van der Waals surface area (Å²) in [5.41, 5.74) is 4.78. The van der Waals surface area contributed by atoms with E-state index in [9.17, 15) is 22.8 Å². The zero-order valence-corrected chi connectivity index (χ0v) is 21.7. The fourth-order valence-corrected chi connectivity index (χ4v) is 5.25. The lowest BCUT2D eigenvalue weighted by molar-refractivity contribution is -0.236. The van der Waals surface area contributed by atoms with E-state index in [1.165, 1.54) is 9.13 Å². The van der Waals surface area contributed by atoms with Crippen LogP contribution in [0.25, 0.3) is 38.8 Å². The molecule has 0 saturated carbocycles. The van der Waals surface area contributed by atoms with Crippen LogP contribution in [0.15, 0.2) is 65.8 Å². The minimum absolute atomic E-state index is 0.0256. The summed E-state index contributed by atoms with van der Waals surface area (Å²) in [5, 5.41) is 5.26. The number of rotatable bonds is 4. The maximum atomic E-state index is 13.7. The second kappa shape index (κ2) is 9.63. The van der Waals surface area contributed by atoms with Crippen molar-refractivity contribution in [2.45, 2.75) is 25.7 Å². The monoisotopic (exact) mass is 550 g/mol. The third kappa shape index (κ3) is 4.34. The van der Waals surface area contributed by atoms with Gasteiger partial charge in [-0.15, -0.1) is 0 Å². The van der Waals surface area contributed by atoms with Gasteiger partial charge in [-0.25, -0.2) is 4.79 Å². The largest absolute Gasteiger partial charge is 0.416 e. The van der Waals surface area contributed by atoms with Gasteiger partial charge in [0.1, 0.15) is 6.54 Å². The van der Waals surface area contributed by atoms with Crippen molar-refractivity contribution in [3.05, 3.63) is 77.1 Å². The molecule has 40 heavy (non-hydrogen) atoms. The molecule has 0 bridgehead atoms. The fraction of sp³-hybridized carbons (Fsp3) is 0.286. The lowest BCUT2D eigenvalue weighted by Gasteiger charge is -2.33. The van der Waals surface area contributed by atoms with Crippen LogP contribution in [-0.4, -0.2) is 66.7 Å². The van der Waals surface area contributed by atoms with Crippen molar-refractivity contribution in [1.82, 2.24) is 28.8 Å². The van der Waals surface area contributed by atoms with Crippen LogP contribution < -0.4 is 5.69 Å². The standard InChI is InChI=1S/C28H25F3N6O3/c1-17-4-3-5-22-26(17)37(27(39)36(22)16-25(38)35-10-11-40-24(15-35)28(29,30)31)19-8-6-18(7-9-19)20-12-32-14-23-21(20)13-33-34(23)2/h3-9,12-14,24H,10-11,15-16H2,1-2H3/t24-/m1/s1. The summed E-state index contributed by atoms with van der Waals surface area (Å²) in [6.45, 7) is 0.680. The molecule has 12 heteroatoms. The minimum atomic E-state index is -4.58.